The van der Waals surface area contributed by atoms with Gasteiger partial charge in [0, 0.05) is 32.2 Å². The van der Waals surface area contributed by atoms with Crippen molar-refractivity contribution < 1.29 is 36.3 Å². The van der Waals surface area contributed by atoms with Gasteiger partial charge in [-0.15, -0.1) is 0 Å². The summed E-state index contributed by atoms with van der Waals surface area (Å²) in [7, 11) is 1.45. The number of alkyl halides is 3. The summed E-state index contributed by atoms with van der Waals surface area (Å²) in [6, 6.07) is 3.97. The number of rotatable bonds is 6. The van der Waals surface area contributed by atoms with Crippen molar-refractivity contribution in [3.63, 3.8) is 0 Å². The maximum Gasteiger partial charge on any atom is 0.416 e. The van der Waals surface area contributed by atoms with E-state index in [9.17, 15) is 27.2 Å². The molecule has 4 aromatic rings. The molecule has 1 aliphatic heterocycles. The maximum absolute atomic E-state index is 15.4. The molecule has 0 atom stereocenters. The first-order valence-electron chi connectivity index (χ1n) is 12.9. The molecule has 1 aliphatic rings. The third kappa shape index (κ3) is 6.05. The van der Waals surface area contributed by atoms with Crippen molar-refractivity contribution in [2.45, 2.75) is 12.7 Å². The highest BCUT2D eigenvalue weighted by molar-refractivity contribution is 6.08. The average Bonchev–Trinajstić information content (AvgIpc) is 3.30. The van der Waals surface area contributed by atoms with Crippen molar-refractivity contribution in [2.75, 3.05) is 49.7 Å². The number of nitrogens with two attached hydrogens (primary N) is 1. The van der Waals surface area contributed by atoms with Crippen LogP contribution in [0.3, 0.4) is 0 Å². The molecule has 11 nitrogen and oxygen atoms in total. The van der Waals surface area contributed by atoms with Crippen LogP contribution in [0.5, 0.6) is 0 Å². The molecule has 2 aromatic heterocycles. The number of anilines is 3. The summed E-state index contributed by atoms with van der Waals surface area (Å²) in [6.45, 7) is 2.54. The molecule has 5 rings (SSSR count). The zero-order valence-electron chi connectivity index (χ0n) is 22.6. The predicted molar refractivity (Wildman–Crippen MR) is 146 cm³/mol. The molecule has 3 amide bonds. The lowest BCUT2D eigenvalue weighted by molar-refractivity contribution is -0.137. The molecule has 16 heteroatoms. The number of carbonyl (C=O) groups excluding carboxylic acids is 2. The van der Waals surface area contributed by atoms with Crippen LogP contribution < -0.4 is 21.7 Å². The van der Waals surface area contributed by atoms with E-state index >= 15 is 4.39 Å². The zero-order valence-corrected chi connectivity index (χ0v) is 22.6. The van der Waals surface area contributed by atoms with Crippen LogP contribution >= 0.6 is 0 Å². The van der Waals surface area contributed by atoms with E-state index < -0.39 is 41.0 Å². The van der Waals surface area contributed by atoms with Crippen LogP contribution in [0.15, 0.2) is 42.7 Å². The van der Waals surface area contributed by atoms with Crippen LogP contribution in [0, 0.1) is 11.6 Å². The topological polar surface area (TPSA) is 139 Å². The minimum atomic E-state index is -4.77. The first kappa shape index (κ1) is 29.7. The number of urea groups is 1. The van der Waals surface area contributed by atoms with E-state index in [2.05, 4.69) is 25.6 Å². The lowest BCUT2D eigenvalue weighted by atomic mass is 9.99. The molecule has 1 fully saturated rings. The van der Waals surface area contributed by atoms with Crippen LogP contribution in [-0.2, 0) is 17.5 Å². The number of aromatic nitrogens is 3. The van der Waals surface area contributed by atoms with E-state index in [0.717, 1.165) is 6.07 Å². The summed E-state index contributed by atoms with van der Waals surface area (Å²) in [5.41, 5.74) is 5.33. The van der Waals surface area contributed by atoms with Crippen LogP contribution in [0.4, 0.5) is 43.9 Å². The quantitative estimate of drug-likeness (QED) is 0.243. The molecule has 0 spiro atoms. The van der Waals surface area contributed by atoms with Gasteiger partial charge in [0.2, 0.25) is 0 Å². The molecule has 0 radical (unpaired) electrons. The fourth-order valence-corrected chi connectivity index (χ4v) is 4.79. The van der Waals surface area contributed by atoms with Gasteiger partial charge in [0.1, 0.15) is 23.5 Å². The Morgan fingerprint density at radius 3 is 2.42 bits per heavy atom. The molecule has 3 heterocycles. The minimum Gasteiger partial charge on any atom is -0.382 e. The Kier molecular flexibility index (Phi) is 8.14. The van der Waals surface area contributed by atoms with Gasteiger partial charge in [0.15, 0.2) is 5.82 Å². The summed E-state index contributed by atoms with van der Waals surface area (Å²) in [5, 5.41) is 11.0. The molecule has 43 heavy (non-hydrogen) atoms. The van der Waals surface area contributed by atoms with Crippen LogP contribution in [0.25, 0.3) is 16.6 Å². The second-order valence-corrected chi connectivity index (χ2v) is 9.54. The standard InChI is InChI=1S/C27H25F5N8O3/c1-34-25(41)22-20(12-39-6-8-43-9-7-39)40-23(24(33)35-13-36-40)21(22)14-2-5-18(17(29)10-14)37-26(42)38-19-11-15(27(30,31)32)3-4-16(19)28/h2-5,10-11,13H,6-9,12H2,1H3,(H,34,41)(H2,33,35,36)(H2,37,38,42). The number of nitrogen functional groups attached to an aromatic ring is 1. The maximum atomic E-state index is 15.4. The van der Waals surface area contributed by atoms with Gasteiger partial charge in [-0.3, -0.25) is 9.69 Å². The first-order valence-corrected chi connectivity index (χ1v) is 12.9. The molecule has 0 saturated carbocycles. The van der Waals surface area contributed by atoms with Crippen molar-refractivity contribution >= 4 is 34.6 Å². The Bertz CT molecular complexity index is 1700. The van der Waals surface area contributed by atoms with Gasteiger partial charge < -0.3 is 26.4 Å². The molecule has 0 aliphatic carbocycles. The number of amides is 3. The lowest BCUT2D eigenvalue weighted by Gasteiger charge is -2.26. The number of benzene rings is 2. The predicted octanol–water partition coefficient (Wildman–Crippen LogP) is 4.11. The Hall–Kier alpha value is -4.83. The molecule has 0 unspecified atom stereocenters. The van der Waals surface area contributed by atoms with Gasteiger partial charge in [-0.1, -0.05) is 6.07 Å². The zero-order chi connectivity index (χ0) is 30.9. The summed E-state index contributed by atoms with van der Waals surface area (Å²) in [6.07, 6.45) is -3.53. The number of nitrogens with zero attached hydrogens (tertiary/aromatic N) is 4. The number of nitrogens with one attached hydrogen (secondary N) is 3. The Balaban J connectivity index is 1.50. The lowest BCUT2D eigenvalue weighted by Crippen LogP contribution is -2.36. The van der Waals surface area contributed by atoms with E-state index in [0.29, 0.717) is 56.7 Å². The van der Waals surface area contributed by atoms with E-state index in [1.807, 2.05) is 5.32 Å². The van der Waals surface area contributed by atoms with Crippen molar-refractivity contribution in [3.05, 3.63) is 71.2 Å². The molecule has 0 bridgehead atoms. The summed E-state index contributed by atoms with van der Waals surface area (Å²) in [4.78, 5) is 31.8. The number of carbonyl (C=O) groups is 2. The fourth-order valence-electron chi connectivity index (χ4n) is 4.79. The Morgan fingerprint density at radius 2 is 1.74 bits per heavy atom. The van der Waals surface area contributed by atoms with Gasteiger partial charge >= 0.3 is 12.2 Å². The highest BCUT2D eigenvalue weighted by Gasteiger charge is 2.32. The molecule has 226 valence electrons. The average molecular weight is 605 g/mol. The minimum absolute atomic E-state index is 0.0356. The number of fused-ring (bicyclic) bond motifs is 1. The van der Waals surface area contributed by atoms with E-state index in [4.69, 9.17) is 10.5 Å². The molecular weight excluding hydrogens is 579 g/mol. The van der Waals surface area contributed by atoms with Crippen molar-refractivity contribution in [1.82, 2.24) is 24.8 Å². The van der Waals surface area contributed by atoms with E-state index in [-0.39, 0.29) is 33.7 Å². The first-order chi connectivity index (χ1) is 20.5. The Labute approximate surface area is 240 Å². The van der Waals surface area contributed by atoms with Crippen LogP contribution in [-0.4, -0.2) is 64.8 Å². The normalized spacial score (nSPS) is 14.1. The number of ether oxygens (including phenoxy) is 1. The van der Waals surface area contributed by atoms with Crippen molar-refractivity contribution in [3.8, 4) is 11.1 Å². The van der Waals surface area contributed by atoms with Crippen LogP contribution in [0.1, 0.15) is 21.6 Å². The van der Waals surface area contributed by atoms with Crippen molar-refractivity contribution in [2.24, 2.45) is 0 Å². The smallest absolute Gasteiger partial charge is 0.382 e. The molecular formula is C27H25F5N8O3. The monoisotopic (exact) mass is 604 g/mol. The van der Waals surface area contributed by atoms with Gasteiger partial charge in [-0.05, 0) is 35.9 Å². The fraction of sp³-hybridized carbons (Fsp3) is 0.259. The summed E-state index contributed by atoms with van der Waals surface area (Å²) >= 11 is 0. The second kappa shape index (κ2) is 11.8. The second-order valence-electron chi connectivity index (χ2n) is 9.54. The molecule has 1 saturated heterocycles. The molecule has 2 aromatic carbocycles. The van der Waals surface area contributed by atoms with Crippen LogP contribution in [0.2, 0.25) is 0 Å². The van der Waals surface area contributed by atoms with Gasteiger partial charge in [-0.2, -0.15) is 18.3 Å². The number of halogens is 5. The van der Waals surface area contributed by atoms with Gasteiger partial charge in [-0.25, -0.2) is 23.1 Å². The highest BCUT2D eigenvalue weighted by atomic mass is 19.4. The summed E-state index contributed by atoms with van der Waals surface area (Å²) < 4.78 is 75.4. The number of hydrogen-bond donors (Lipinski definition) is 4. The van der Waals surface area contributed by atoms with Crippen molar-refractivity contribution in [1.29, 1.82) is 0 Å². The summed E-state index contributed by atoms with van der Waals surface area (Å²) in [5.74, 6) is -2.51. The van der Waals surface area contributed by atoms with Gasteiger partial charge in [0.25, 0.3) is 5.91 Å². The Morgan fingerprint density at radius 1 is 1.02 bits per heavy atom. The van der Waals surface area contributed by atoms with Gasteiger partial charge in [0.05, 0.1) is 41.4 Å². The highest BCUT2D eigenvalue weighted by Crippen LogP contribution is 2.37. The third-order valence-electron chi connectivity index (χ3n) is 6.83. The number of hydrogen-bond acceptors (Lipinski definition) is 7. The molecule has 5 N–H and O–H groups in total. The number of morpholine rings is 1. The largest absolute Gasteiger partial charge is 0.416 e. The SMILES string of the molecule is CNC(=O)c1c(-c2ccc(NC(=O)Nc3cc(C(F)(F)F)ccc3F)c(F)c2)c2c(N)ncnn2c1CN1CCOCC1. The van der Waals surface area contributed by atoms with E-state index in [1.54, 1.807) is 0 Å². The van der Waals surface area contributed by atoms with E-state index in [1.165, 1.54) is 30.0 Å². The third-order valence-corrected chi connectivity index (χ3v) is 6.83.